The summed E-state index contributed by atoms with van der Waals surface area (Å²) in [6, 6.07) is 7.49. The molecule has 1 aromatic carbocycles. The maximum Gasteiger partial charge on any atom is 0.262 e. The first-order valence-electron chi connectivity index (χ1n) is 9.83. The number of thioether (sulfide) groups is 1. The normalized spacial score (nSPS) is 22.1. The number of aromatic nitrogens is 2. The summed E-state index contributed by atoms with van der Waals surface area (Å²) in [7, 11) is 0. The number of hydrogen-bond acceptors (Lipinski definition) is 5. The summed E-state index contributed by atoms with van der Waals surface area (Å²) in [5, 5.41) is 1.14. The maximum atomic E-state index is 13.0. The van der Waals surface area contributed by atoms with Crippen LogP contribution in [0.15, 0.2) is 46.9 Å². The average Bonchev–Trinajstić information content (AvgIpc) is 2.74. The third-order valence-corrected chi connectivity index (χ3v) is 6.48. The van der Waals surface area contributed by atoms with Gasteiger partial charge in [0.15, 0.2) is 5.16 Å². The molecular weight excluding hydrogens is 374 g/mol. The number of rotatable bonds is 5. The molecule has 1 aliphatic heterocycles. The van der Waals surface area contributed by atoms with Crippen LogP contribution in [0, 0.1) is 0 Å². The van der Waals surface area contributed by atoms with Crippen molar-refractivity contribution < 1.29 is 9.53 Å². The summed E-state index contributed by atoms with van der Waals surface area (Å²) in [6.07, 6.45) is 6.22. The standard InChI is InChI=1S/C21H25N3O3S/c1-2-11-24-20(26)15-7-3-4-8-16(15)22-21(24)28-14-19(25)23-12-13-27-18-10-6-5-9-17(18)23/h2-4,7-8,17-18H,1,5-6,9-14H2. The first kappa shape index (κ1) is 19.2. The van der Waals surface area contributed by atoms with Crippen LogP contribution in [-0.4, -0.2) is 51.4 Å². The minimum absolute atomic E-state index is 0.0951. The van der Waals surface area contributed by atoms with Gasteiger partial charge in [-0.3, -0.25) is 14.2 Å². The molecule has 0 spiro atoms. The van der Waals surface area contributed by atoms with E-state index in [2.05, 4.69) is 11.6 Å². The molecule has 1 amide bonds. The number of amides is 1. The molecule has 1 aliphatic carbocycles. The van der Waals surface area contributed by atoms with Gasteiger partial charge in [0.2, 0.25) is 5.91 Å². The third-order valence-electron chi connectivity index (χ3n) is 5.52. The number of fused-ring (bicyclic) bond motifs is 2. The number of ether oxygens (including phenoxy) is 1. The summed E-state index contributed by atoms with van der Waals surface area (Å²) in [6.45, 7) is 5.36. The molecule has 2 heterocycles. The highest BCUT2D eigenvalue weighted by Crippen LogP contribution is 2.29. The third kappa shape index (κ3) is 3.73. The summed E-state index contributed by atoms with van der Waals surface area (Å²) in [4.78, 5) is 32.4. The molecule has 4 rings (SSSR count). The van der Waals surface area contributed by atoms with Crippen molar-refractivity contribution in [3.63, 3.8) is 0 Å². The Morgan fingerprint density at radius 1 is 1.32 bits per heavy atom. The average molecular weight is 400 g/mol. The molecule has 2 atom stereocenters. The highest BCUT2D eigenvalue weighted by atomic mass is 32.2. The van der Waals surface area contributed by atoms with E-state index in [9.17, 15) is 9.59 Å². The van der Waals surface area contributed by atoms with Crippen molar-refractivity contribution in [2.75, 3.05) is 18.9 Å². The van der Waals surface area contributed by atoms with E-state index in [0.717, 1.165) is 19.3 Å². The van der Waals surface area contributed by atoms with Crippen LogP contribution in [0.3, 0.4) is 0 Å². The molecule has 2 unspecified atom stereocenters. The molecule has 6 nitrogen and oxygen atoms in total. The van der Waals surface area contributed by atoms with Crippen LogP contribution < -0.4 is 5.56 Å². The first-order valence-corrected chi connectivity index (χ1v) is 10.8. The fraction of sp³-hybridized carbons (Fsp3) is 0.476. The lowest BCUT2D eigenvalue weighted by Crippen LogP contribution is -2.55. The Morgan fingerprint density at radius 2 is 2.14 bits per heavy atom. The van der Waals surface area contributed by atoms with E-state index in [1.165, 1.54) is 18.2 Å². The highest BCUT2D eigenvalue weighted by molar-refractivity contribution is 7.99. The fourth-order valence-corrected chi connectivity index (χ4v) is 5.06. The molecule has 2 fully saturated rings. The second-order valence-electron chi connectivity index (χ2n) is 7.25. The van der Waals surface area contributed by atoms with Gasteiger partial charge in [-0.2, -0.15) is 0 Å². The molecule has 0 radical (unpaired) electrons. The van der Waals surface area contributed by atoms with Crippen molar-refractivity contribution in [1.82, 2.24) is 14.5 Å². The van der Waals surface area contributed by atoms with Crippen LogP contribution >= 0.6 is 11.8 Å². The van der Waals surface area contributed by atoms with Gasteiger partial charge >= 0.3 is 0 Å². The molecule has 148 valence electrons. The molecule has 7 heteroatoms. The Kier molecular flexibility index (Phi) is 5.82. The minimum Gasteiger partial charge on any atom is -0.374 e. The number of benzene rings is 1. The van der Waals surface area contributed by atoms with Gasteiger partial charge in [0.25, 0.3) is 5.56 Å². The van der Waals surface area contributed by atoms with E-state index >= 15 is 0 Å². The fourth-order valence-electron chi connectivity index (χ4n) is 4.16. The smallest absolute Gasteiger partial charge is 0.262 e. The zero-order valence-electron chi connectivity index (χ0n) is 15.9. The Bertz CT molecular complexity index is 940. The summed E-state index contributed by atoms with van der Waals surface area (Å²) < 4.78 is 7.46. The molecule has 2 aliphatic rings. The lowest BCUT2D eigenvalue weighted by molar-refractivity contribution is -0.146. The highest BCUT2D eigenvalue weighted by Gasteiger charge is 2.36. The lowest BCUT2D eigenvalue weighted by Gasteiger charge is -2.43. The van der Waals surface area contributed by atoms with Gasteiger partial charge in [0, 0.05) is 13.1 Å². The van der Waals surface area contributed by atoms with Gasteiger partial charge in [0.1, 0.15) is 0 Å². The van der Waals surface area contributed by atoms with Crippen molar-refractivity contribution in [3.05, 3.63) is 47.3 Å². The van der Waals surface area contributed by atoms with E-state index < -0.39 is 0 Å². The van der Waals surface area contributed by atoms with Crippen LogP contribution in [0.1, 0.15) is 25.7 Å². The van der Waals surface area contributed by atoms with Crippen molar-refractivity contribution in [2.45, 2.75) is 49.5 Å². The maximum absolute atomic E-state index is 13.0. The van der Waals surface area contributed by atoms with E-state index in [1.807, 2.05) is 23.1 Å². The number of allylic oxidation sites excluding steroid dienone is 1. The molecule has 1 saturated heterocycles. The Morgan fingerprint density at radius 3 is 3.00 bits per heavy atom. The van der Waals surface area contributed by atoms with Crippen molar-refractivity contribution in [1.29, 1.82) is 0 Å². The first-order chi connectivity index (χ1) is 13.7. The molecule has 2 aromatic rings. The van der Waals surface area contributed by atoms with Crippen molar-refractivity contribution >= 4 is 28.6 Å². The molecule has 1 aromatic heterocycles. The van der Waals surface area contributed by atoms with Gasteiger partial charge in [-0.15, -0.1) is 6.58 Å². The van der Waals surface area contributed by atoms with Crippen molar-refractivity contribution in [2.24, 2.45) is 0 Å². The Balaban J connectivity index is 1.54. The van der Waals surface area contributed by atoms with Gasteiger partial charge < -0.3 is 9.64 Å². The number of para-hydroxylation sites is 1. The van der Waals surface area contributed by atoms with Crippen LogP contribution in [0.25, 0.3) is 10.9 Å². The molecule has 28 heavy (non-hydrogen) atoms. The predicted octanol–water partition coefficient (Wildman–Crippen LogP) is 2.84. The van der Waals surface area contributed by atoms with Crippen LogP contribution in [-0.2, 0) is 16.1 Å². The quantitative estimate of drug-likeness (QED) is 0.439. The predicted molar refractivity (Wildman–Crippen MR) is 111 cm³/mol. The van der Waals surface area contributed by atoms with Crippen LogP contribution in [0.2, 0.25) is 0 Å². The number of morpholine rings is 1. The largest absolute Gasteiger partial charge is 0.374 e. The number of hydrogen-bond donors (Lipinski definition) is 0. The van der Waals surface area contributed by atoms with E-state index in [-0.39, 0.29) is 29.4 Å². The van der Waals surface area contributed by atoms with Gasteiger partial charge in [-0.25, -0.2) is 4.98 Å². The lowest BCUT2D eigenvalue weighted by atomic mass is 9.90. The topological polar surface area (TPSA) is 64.4 Å². The van der Waals surface area contributed by atoms with E-state index in [4.69, 9.17) is 4.74 Å². The zero-order valence-corrected chi connectivity index (χ0v) is 16.7. The molecule has 1 saturated carbocycles. The van der Waals surface area contributed by atoms with Crippen LogP contribution in [0.5, 0.6) is 0 Å². The van der Waals surface area contributed by atoms with Crippen LogP contribution in [0.4, 0.5) is 0 Å². The number of carbonyl (C=O) groups is 1. The monoisotopic (exact) mass is 399 g/mol. The summed E-state index contributed by atoms with van der Waals surface area (Å²) in [5.41, 5.74) is 0.556. The number of carbonyl (C=O) groups excluding carboxylic acids is 1. The summed E-state index contributed by atoms with van der Waals surface area (Å²) in [5.74, 6) is 0.364. The molecule has 0 N–H and O–H groups in total. The van der Waals surface area contributed by atoms with Gasteiger partial charge in [-0.1, -0.05) is 42.8 Å². The van der Waals surface area contributed by atoms with Crippen molar-refractivity contribution in [3.8, 4) is 0 Å². The molecular formula is C21H25N3O3S. The van der Waals surface area contributed by atoms with E-state index in [0.29, 0.717) is 35.8 Å². The minimum atomic E-state index is -0.0980. The number of nitrogens with zero attached hydrogens (tertiary/aromatic N) is 3. The van der Waals surface area contributed by atoms with E-state index in [1.54, 1.807) is 16.7 Å². The van der Waals surface area contributed by atoms with Gasteiger partial charge in [-0.05, 0) is 25.0 Å². The second-order valence-corrected chi connectivity index (χ2v) is 8.20. The van der Waals surface area contributed by atoms with Gasteiger partial charge in [0.05, 0.1) is 35.4 Å². The SMILES string of the molecule is C=CCn1c(SCC(=O)N2CCOC3CCCCC32)nc2ccccc2c1=O. The zero-order chi connectivity index (χ0) is 19.5. The summed E-state index contributed by atoms with van der Waals surface area (Å²) >= 11 is 1.33. The Hall–Kier alpha value is -2.12. The molecule has 0 bridgehead atoms. The second kappa shape index (κ2) is 8.49. The Labute approximate surface area is 168 Å².